The van der Waals surface area contributed by atoms with Gasteiger partial charge < -0.3 is 0 Å². The lowest BCUT2D eigenvalue weighted by Gasteiger charge is -2.06. The molecule has 0 spiro atoms. The van der Waals surface area contributed by atoms with Gasteiger partial charge in [-0.25, -0.2) is 0 Å². The third-order valence-electron chi connectivity index (χ3n) is 1.74. The van der Waals surface area contributed by atoms with Gasteiger partial charge in [0.2, 0.25) is 5.24 Å². The van der Waals surface area contributed by atoms with Gasteiger partial charge in [0.05, 0.1) is 11.6 Å². The van der Waals surface area contributed by atoms with Crippen LogP contribution in [0, 0.1) is 11.3 Å². The third-order valence-corrected chi connectivity index (χ3v) is 2.75. The smallest absolute Gasteiger partial charge is 0.223 e. The fourth-order valence-electron chi connectivity index (χ4n) is 1.03. The molecule has 1 aromatic rings. The van der Waals surface area contributed by atoms with E-state index in [4.69, 9.17) is 16.9 Å². The van der Waals surface area contributed by atoms with Crippen molar-refractivity contribution >= 4 is 32.8 Å². The predicted molar refractivity (Wildman–Crippen MR) is 58.3 cm³/mol. The maximum Gasteiger partial charge on any atom is 0.223 e. The third kappa shape index (κ3) is 3.13. The second kappa shape index (κ2) is 5.14. The van der Waals surface area contributed by atoms with Crippen LogP contribution in [0.5, 0.6) is 0 Å². The average molecular weight is 273 g/mol. The molecule has 0 N–H and O–H groups in total. The number of nitriles is 1. The number of nitrogens with zero attached hydrogens (tertiary/aromatic N) is 1. The van der Waals surface area contributed by atoms with Crippen LogP contribution in [0.4, 0.5) is 0 Å². The summed E-state index contributed by atoms with van der Waals surface area (Å²) in [6.07, 6.45) is 0.244. The number of rotatable bonds is 3. The Balaban J connectivity index is 2.77. The predicted octanol–water partition coefficient (Wildman–Crippen LogP) is 3.15. The highest BCUT2D eigenvalue weighted by Crippen LogP contribution is 2.27. The van der Waals surface area contributed by atoms with Gasteiger partial charge in [-0.2, -0.15) is 5.26 Å². The Hall–Kier alpha value is -0.850. The molecule has 0 aromatic heterocycles. The van der Waals surface area contributed by atoms with Gasteiger partial charge >= 0.3 is 0 Å². The molecule has 1 atom stereocenters. The maximum atomic E-state index is 10.6. The molecule has 0 aliphatic rings. The summed E-state index contributed by atoms with van der Waals surface area (Å²) in [7, 11) is 0. The Morgan fingerprint density at radius 2 is 2.07 bits per heavy atom. The first-order chi connectivity index (χ1) is 6.63. The molecule has 0 bridgehead atoms. The van der Waals surface area contributed by atoms with E-state index in [9.17, 15) is 4.79 Å². The molecule has 0 radical (unpaired) electrons. The molecule has 2 nitrogen and oxygen atoms in total. The number of alkyl halides is 1. The van der Waals surface area contributed by atoms with E-state index in [1.54, 1.807) is 24.3 Å². The van der Waals surface area contributed by atoms with E-state index in [0.29, 0.717) is 5.56 Å². The van der Waals surface area contributed by atoms with E-state index in [1.165, 1.54) is 0 Å². The Kier molecular flexibility index (Phi) is 4.12. The normalized spacial score (nSPS) is 11.8. The SMILES string of the molecule is N#Cc1ccc(C(Br)CC(=O)Cl)cc1. The minimum atomic E-state index is -0.378. The summed E-state index contributed by atoms with van der Waals surface area (Å²) >= 11 is 8.60. The van der Waals surface area contributed by atoms with Crippen LogP contribution in [-0.4, -0.2) is 5.24 Å². The summed E-state index contributed by atoms with van der Waals surface area (Å²) in [5.74, 6) is 0. The molecular weight excluding hydrogens is 265 g/mol. The zero-order chi connectivity index (χ0) is 10.6. The molecule has 0 amide bonds. The summed E-state index contributed by atoms with van der Waals surface area (Å²) in [5, 5.41) is 8.20. The summed E-state index contributed by atoms with van der Waals surface area (Å²) in [5.41, 5.74) is 1.55. The van der Waals surface area contributed by atoms with Crippen LogP contribution in [0.25, 0.3) is 0 Å². The molecule has 0 heterocycles. The van der Waals surface area contributed by atoms with Crippen LogP contribution in [0.2, 0.25) is 0 Å². The summed E-state index contributed by atoms with van der Waals surface area (Å²) in [6.45, 7) is 0. The van der Waals surface area contributed by atoms with E-state index in [0.717, 1.165) is 5.56 Å². The number of benzene rings is 1. The van der Waals surface area contributed by atoms with Gasteiger partial charge in [-0.05, 0) is 29.3 Å². The fourth-order valence-corrected chi connectivity index (χ4v) is 1.97. The Morgan fingerprint density at radius 1 is 1.50 bits per heavy atom. The van der Waals surface area contributed by atoms with Crippen molar-refractivity contribution in [3.63, 3.8) is 0 Å². The number of carbonyl (C=O) groups is 1. The van der Waals surface area contributed by atoms with E-state index in [-0.39, 0.29) is 16.5 Å². The van der Waals surface area contributed by atoms with Crippen molar-refractivity contribution in [1.29, 1.82) is 5.26 Å². The molecule has 72 valence electrons. The summed E-state index contributed by atoms with van der Waals surface area (Å²) in [6, 6.07) is 9.05. The van der Waals surface area contributed by atoms with Gasteiger partial charge in [0.1, 0.15) is 0 Å². The van der Waals surface area contributed by atoms with Crippen molar-refractivity contribution in [2.24, 2.45) is 0 Å². The lowest BCUT2D eigenvalue weighted by molar-refractivity contribution is -0.111. The van der Waals surface area contributed by atoms with Gasteiger partial charge in [0.15, 0.2) is 0 Å². The zero-order valence-corrected chi connectivity index (χ0v) is 9.55. The lowest BCUT2D eigenvalue weighted by Crippen LogP contribution is -1.95. The minimum absolute atomic E-state index is 0.0831. The van der Waals surface area contributed by atoms with Gasteiger partial charge in [0.25, 0.3) is 0 Å². The monoisotopic (exact) mass is 271 g/mol. The van der Waals surface area contributed by atoms with E-state index >= 15 is 0 Å². The van der Waals surface area contributed by atoms with Gasteiger partial charge in [0, 0.05) is 11.2 Å². The molecule has 4 heteroatoms. The van der Waals surface area contributed by atoms with Crippen LogP contribution in [0.15, 0.2) is 24.3 Å². The van der Waals surface area contributed by atoms with E-state index in [1.807, 2.05) is 6.07 Å². The number of hydrogen-bond acceptors (Lipinski definition) is 2. The van der Waals surface area contributed by atoms with E-state index in [2.05, 4.69) is 15.9 Å². The van der Waals surface area contributed by atoms with Crippen molar-refractivity contribution in [3.8, 4) is 6.07 Å². The van der Waals surface area contributed by atoms with Crippen LogP contribution >= 0.6 is 27.5 Å². The number of hydrogen-bond donors (Lipinski definition) is 0. The van der Waals surface area contributed by atoms with Crippen molar-refractivity contribution in [2.45, 2.75) is 11.2 Å². The topological polar surface area (TPSA) is 40.9 Å². The Bertz CT molecular complexity index is 369. The van der Waals surface area contributed by atoms with E-state index < -0.39 is 0 Å². The van der Waals surface area contributed by atoms with Crippen LogP contribution in [0.3, 0.4) is 0 Å². The number of halogens is 2. The van der Waals surface area contributed by atoms with Gasteiger partial charge in [-0.3, -0.25) is 4.79 Å². The van der Waals surface area contributed by atoms with Crippen LogP contribution < -0.4 is 0 Å². The Morgan fingerprint density at radius 3 is 2.50 bits per heavy atom. The summed E-state index contributed by atoms with van der Waals surface area (Å²) < 4.78 is 0. The molecule has 0 saturated carbocycles. The second-order valence-electron chi connectivity index (χ2n) is 2.76. The molecule has 0 fully saturated rings. The molecular formula is C10H7BrClNO. The van der Waals surface area contributed by atoms with Gasteiger partial charge in [-0.1, -0.05) is 28.1 Å². The molecule has 0 saturated heterocycles. The average Bonchev–Trinajstić information content (AvgIpc) is 2.17. The Labute approximate surface area is 95.6 Å². The molecule has 1 unspecified atom stereocenters. The van der Waals surface area contributed by atoms with Crippen molar-refractivity contribution in [3.05, 3.63) is 35.4 Å². The largest absolute Gasteiger partial charge is 0.281 e. The standard InChI is InChI=1S/C10H7BrClNO/c11-9(5-10(12)14)8-3-1-7(6-13)2-4-8/h1-4,9H,5H2. The van der Waals surface area contributed by atoms with Crippen molar-refractivity contribution in [2.75, 3.05) is 0 Å². The van der Waals surface area contributed by atoms with Crippen molar-refractivity contribution < 1.29 is 4.79 Å². The highest BCUT2D eigenvalue weighted by Gasteiger charge is 2.10. The second-order valence-corrected chi connectivity index (χ2v) is 4.29. The molecule has 0 aliphatic carbocycles. The highest BCUT2D eigenvalue weighted by molar-refractivity contribution is 9.09. The highest BCUT2D eigenvalue weighted by atomic mass is 79.9. The summed E-state index contributed by atoms with van der Waals surface area (Å²) in [4.78, 5) is 10.6. The first kappa shape index (κ1) is 11.2. The number of carbonyl (C=O) groups excluding carboxylic acids is 1. The lowest BCUT2D eigenvalue weighted by atomic mass is 10.1. The molecule has 1 rings (SSSR count). The van der Waals surface area contributed by atoms with Crippen LogP contribution in [-0.2, 0) is 4.79 Å². The zero-order valence-electron chi connectivity index (χ0n) is 7.21. The maximum absolute atomic E-state index is 10.6. The van der Waals surface area contributed by atoms with Crippen molar-refractivity contribution in [1.82, 2.24) is 0 Å². The van der Waals surface area contributed by atoms with Crippen LogP contribution in [0.1, 0.15) is 22.4 Å². The molecule has 14 heavy (non-hydrogen) atoms. The minimum Gasteiger partial charge on any atom is -0.281 e. The first-order valence-electron chi connectivity index (χ1n) is 3.96. The first-order valence-corrected chi connectivity index (χ1v) is 5.25. The van der Waals surface area contributed by atoms with Gasteiger partial charge in [-0.15, -0.1) is 0 Å². The quantitative estimate of drug-likeness (QED) is 0.626. The molecule has 1 aromatic carbocycles. The molecule has 0 aliphatic heterocycles. The fraction of sp³-hybridized carbons (Fsp3) is 0.200.